The minimum atomic E-state index is 0.928. The molecule has 0 saturated heterocycles. The second kappa shape index (κ2) is 4.53. The van der Waals surface area contributed by atoms with Crippen LogP contribution >= 0.6 is 0 Å². The molecule has 0 N–H and O–H groups in total. The van der Waals surface area contributed by atoms with Gasteiger partial charge in [-0.15, -0.1) is 0 Å². The molecule has 96 valence electrons. The molecule has 2 heterocycles. The van der Waals surface area contributed by atoms with Crippen molar-refractivity contribution >= 4 is 11.3 Å². The molecule has 0 spiro atoms. The Labute approximate surface area is 118 Å². The van der Waals surface area contributed by atoms with Gasteiger partial charge in [0.2, 0.25) is 0 Å². The Kier molecular flexibility index (Phi) is 2.56. The van der Waals surface area contributed by atoms with E-state index in [0.717, 1.165) is 6.54 Å². The second-order valence-corrected chi connectivity index (χ2v) is 5.10. The van der Waals surface area contributed by atoms with E-state index in [2.05, 4.69) is 83.9 Å². The maximum atomic E-state index is 2.32. The van der Waals surface area contributed by atoms with Crippen LogP contribution in [0, 0.1) is 0 Å². The summed E-state index contributed by atoms with van der Waals surface area (Å²) in [6.45, 7) is 0.928. The summed E-state index contributed by atoms with van der Waals surface area (Å²) < 4.78 is 0. The average Bonchev–Trinajstić information content (AvgIpc) is 2.55. The first-order valence-corrected chi connectivity index (χ1v) is 6.93. The van der Waals surface area contributed by atoms with Crippen molar-refractivity contribution in [2.45, 2.75) is 0 Å². The molecule has 0 unspecified atom stereocenters. The van der Waals surface area contributed by atoms with Crippen molar-refractivity contribution in [2.75, 3.05) is 6.54 Å². The van der Waals surface area contributed by atoms with E-state index in [1.165, 1.54) is 27.3 Å². The van der Waals surface area contributed by atoms with Crippen molar-refractivity contribution in [3.8, 4) is 0 Å². The lowest BCUT2D eigenvalue weighted by Gasteiger charge is -2.29. The molecule has 0 amide bonds. The first kappa shape index (κ1) is 11.3. The van der Waals surface area contributed by atoms with E-state index in [4.69, 9.17) is 0 Å². The molecular formula is C19H15N. The molecule has 1 nitrogen and oxygen atoms in total. The first-order valence-electron chi connectivity index (χ1n) is 6.93. The highest BCUT2D eigenvalue weighted by atomic mass is 15.1. The lowest BCUT2D eigenvalue weighted by atomic mass is 9.97. The van der Waals surface area contributed by atoms with Crippen LogP contribution in [0.3, 0.4) is 0 Å². The summed E-state index contributed by atoms with van der Waals surface area (Å²) in [5, 5.41) is 2.67. The summed E-state index contributed by atoms with van der Waals surface area (Å²) in [5.41, 5.74) is 4.00. The average molecular weight is 257 g/mol. The zero-order valence-corrected chi connectivity index (χ0v) is 11.2. The zero-order chi connectivity index (χ0) is 13.4. The van der Waals surface area contributed by atoms with E-state index in [9.17, 15) is 0 Å². The minimum absolute atomic E-state index is 0.928. The summed E-state index contributed by atoms with van der Waals surface area (Å²) in [7, 11) is 0. The molecule has 0 aromatic heterocycles. The molecule has 0 saturated carbocycles. The van der Waals surface area contributed by atoms with E-state index in [1.807, 2.05) is 0 Å². The Balaban J connectivity index is 2.09. The van der Waals surface area contributed by atoms with Gasteiger partial charge in [-0.25, -0.2) is 0 Å². The van der Waals surface area contributed by atoms with Gasteiger partial charge in [-0.1, -0.05) is 60.7 Å². The van der Waals surface area contributed by atoms with Crippen LogP contribution in [-0.4, -0.2) is 11.4 Å². The fourth-order valence-electron chi connectivity index (χ4n) is 2.97. The Morgan fingerprint density at radius 2 is 1.50 bits per heavy atom. The number of nitrogens with zero attached hydrogens (tertiary/aromatic N) is 1. The smallest absolute Gasteiger partial charge is 0.0489 e. The molecular weight excluding hydrogens is 242 g/mol. The lowest BCUT2D eigenvalue weighted by Crippen LogP contribution is -2.41. The van der Waals surface area contributed by atoms with E-state index in [0.29, 0.717) is 0 Å². The quantitative estimate of drug-likeness (QED) is 0.758. The van der Waals surface area contributed by atoms with Crippen molar-refractivity contribution in [3.63, 3.8) is 0 Å². The maximum absolute atomic E-state index is 2.32. The van der Waals surface area contributed by atoms with Gasteiger partial charge in [-0.05, 0) is 28.5 Å². The summed E-state index contributed by atoms with van der Waals surface area (Å²) in [6.07, 6.45) is 8.56. The number of hydrogen-bond acceptors (Lipinski definition) is 1. The third-order valence-corrected chi connectivity index (χ3v) is 3.92. The molecule has 2 aromatic rings. The molecule has 1 heteroatoms. The van der Waals surface area contributed by atoms with Crippen LogP contribution in [-0.2, 0) is 0 Å². The van der Waals surface area contributed by atoms with Gasteiger partial charge in [-0.3, -0.25) is 0 Å². The normalized spacial score (nSPS) is 16.1. The molecule has 20 heavy (non-hydrogen) atoms. The topological polar surface area (TPSA) is 3.24 Å². The predicted molar refractivity (Wildman–Crippen MR) is 83.0 cm³/mol. The fourth-order valence-corrected chi connectivity index (χ4v) is 2.97. The van der Waals surface area contributed by atoms with E-state index < -0.39 is 0 Å². The maximum Gasteiger partial charge on any atom is 0.0489 e. The van der Waals surface area contributed by atoms with Gasteiger partial charge in [0.15, 0.2) is 0 Å². The molecule has 0 aliphatic carbocycles. The van der Waals surface area contributed by atoms with Gasteiger partial charge >= 0.3 is 0 Å². The molecule has 2 aliphatic heterocycles. The zero-order valence-electron chi connectivity index (χ0n) is 11.2. The second-order valence-electron chi connectivity index (χ2n) is 5.10. The first-order chi connectivity index (χ1) is 9.93. The van der Waals surface area contributed by atoms with Gasteiger partial charge in [0.25, 0.3) is 0 Å². The standard InChI is InChI=1S/C19H15N/c1-2-8-15(9-3-1)18-14-20-13-7-6-12-19(20)17-11-5-4-10-16(17)18/h1-13H,14H2. The summed E-state index contributed by atoms with van der Waals surface area (Å²) in [4.78, 5) is 2.32. The van der Waals surface area contributed by atoms with Gasteiger partial charge in [0.05, 0.1) is 0 Å². The Morgan fingerprint density at radius 3 is 2.35 bits per heavy atom. The Hall–Kier alpha value is -2.54. The van der Waals surface area contributed by atoms with Crippen LogP contribution in [0.5, 0.6) is 0 Å². The van der Waals surface area contributed by atoms with Crippen molar-refractivity contribution in [2.24, 2.45) is 0 Å². The largest absolute Gasteiger partial charge is 0.343 e. The van der Waals surface area contributed by atoms with Crippen LogP contribution in [0.25, 0.3) is 11.3 Å². The van der Waals surface area contributed by atoms with Crippen LogP contribution in [0.4, 0.5) is 0 Å². The fraction of sp³-hybridized carbons (Fsp3) is 0.0526. The van der Waals surface area contributed by atoms with Crippen molar-refractivity contribution in [3.05, 3.63) is 95.0 Å². The summed E-state index contributed by atoms with van der Waals surface area (Å²) in [6, 6.07) is 19.4. The number of benzene rings is 2. The van der Waals surface area contributed by atoms with Gasteiger partial charge in [0.1, 0.15) is 0 Å². The van der Waals surface area contributed by atoms with Gasteiger partial charge < -0.3 is 4.90 Å². The van der Waals surface area contributed by atoms with Crippen LogP contribution < -0.4 is 10.4 Å². The number of hydrogen-bond donors (Lipinski definition) is 0. The molecule has 0 atom stereocenters. The number of allylic oxidation sites excluding steroid dienone is 2. The van der Waals surface area contributed by atoms with Crippen molar-refractivity contribution < 1.29 is 0 Å². The van der Waals surface area contributed by atoms with E-state index in [-0.39, 0.29) is 0 Å². The minimum Gasteiger partial charge on any atom is -0.343 e. The molecule has 2 aliphatic rings. The molecule has 0 fully saturated rings. The number of rotatable bonds is 1. The van der Waals surface area contributed by atoms with E-state index >= 15 is 0 Å². The Bertz CT molecular complexity index is 826. The van der Waals surface area contributed by atoms with Crippen LogP contribution in [0.1, 0.15) is 5.56 Å². The lowest BCUT2D eigenvalue weighted by molar-refractivity contribution is 0.589. The van der Waals surface area contributed by atoms with Crippen molar-refractivity contribution in [1.82, 2.24) is 4.90 Å². The highest BCUT2D eigenvalue weighted by Gasteiger charge is 2.17. The van der Waals surface area contributed by atoms with Gasteiger partial charge in [0, 0.05) is 23.7 Å². The predicted octanol–water partition coefficient (Wildman–Crippen LogP) is 2.39. The highest BCUT2D eigenvalue weighted by Crippen LogP contribution is 2.20. The third-order valence-electron chi connectivity index (χ3n) is 3.92. The monoisotopic (exact) mass is 257 g/mol. The molecule has 2 aromatic carbocycles. The van der Waals surface area contributed by atoms with Gasteiger partial charge in [-0.2, -0.15) is 0 Å². The van der Waals surface area contributed by atoms with E-state index in [1.54, 1.807) is 0 Å². The molecule has 4 rings (SSSR count). The summed E-state index contributed by atoms with van der Waals surface area (Å²) >= 11 is 0. The number of fused-ring (bicyclic) bond motifs is 2. The Morgan fingerprint density at radius 1 is 0.750 bits per heavy atom. The highest BCUT2D eigenvalue weighted by molar-refractivity contribution is 5.74. The SMILES string of the molecule is C1=CC2=c3ccccc3=C(c3ccccc3)CN2C=C1. The van der Waals surface area contributed by atoms with Crippen molar-refractivity contribution in [1.29, 1.82) is 0 Å². The molecule has 0 radical (unpaired) electrons. The van der Waals surface area contributed by atoms with Crippen LogP contribution in [0.15, 0.2) is 79.0 Å². The molecule has 0 bridgehead atoms. The van der Waals surface area contributed by atoms with Crippen LogP contribution in [0.2, 0.25) is 0 Å². The summed E-state index contributed by atoms with van der Waals surface area (Å²) in [5.74, 6) is 0. The third kappa shape index (κ3) is 1.71.